The molecule has 0 spiro atoms. The van der Waals surface area contributed by atoms with Crippen LogP contribution in [0.15, 0.2) is 54.6 Å². The molecule has 0 heterocycles. The fourth-order valence-electron chi connectivity index (χ4n) is 2.30. The molecule has 7 nitrogen and oxygen atoms in total. The molecule has 0 saturated carbocycles. The van der Waals surface area contributed by atoms with E-state index in [1.54, 1.807) is 51.1 Å². The third-order valence-electron chi connectivity index (χ3n) is 3.56. The van der Waals surface area contributed by atoms with E-state index in [4.69, 9.17) is 9.47 Å². The van der Waals surface area contributed by atoms with Crippen LogP contribution in [-0.2, 0) is 14.3 Å². The molecule has 1 amide bonds. The zero-order chi connectivity index (χ0) is 20.7. The van der Waals surface area contributed by atoms with Crippen LogP contribution in [0.5, 0.6) is 5.75 Å². The summed E-state index contributed by atoms with van der Waals surface area (Å²) >= 11 is 0. The first-order chi connectivity index (χ1) is 13.2. The maximum atomic E-state index is 12.6. The van der Waals surface area contributed by atoms with Crippen LogP contribution in [0.2, 0.25) is 0 Å². The molecule has 2 aromatic rings. The highest BCUT2D eigenvalue weighted by Gasteiger charge is 2.27. The number of phenols is 1. The molecule has 0 aliphatic rings. The number of hydrogen-bond donors (Lipinski definition) is 2. The van der Waals surface area contributed by atoms with Crippen LogP contribution in [-0.4, -0.2) is 35.2 Å². The Labute approximate surface area is 163 Å². The fourth-order valence-corrected chi connectivity index (χ4v) is 2.30. The van der Waals surface area contributed by atoms with Gasteiger partial charge in [0.25, 0.3) is 0 Å². The summed E-state index contributed by atoms with van der Waals surface area (Å²) in [6.07, 6.45) is -0.808. The van der Waals surface area contributed by atoms with Gasteiger partial charge in [-0.05, 0) is 38.5 Å². The number of alkyl carbamates (subject to hydrolysis) is 1. The van der Waals surface area contributed by atoms with E-state index in [1.165, 1.54) is 24.3 Å². The van der Waals surface area contributed by atoms with Gasteiger partial charge in [-0.25, -0.2) is 9.59 Å². The van der Waals surface area contributed by atoms with E-state index in [1.807, 2.05) is 0 Å². The lowest BCUT2D eigenvalue weighted by molar-refractivity contribution is -0.145. The molecule has 0 bridgehead atoms. The molecular weight excluding hydrogens is 362 g/mol. The van der Waals surface area contributed by atoms with E-state index in [9.17, 15) is 19.5 Å². The van der Waals surface area contributed by atoms with Gasteiger partial charge in [0.15, 0.2) is 18.4 Å². The normalized spacial score (nSPS) is 12.0. The number of Topliss-reactive ketones (excluding diaryl/α,β-unsaturated/α-hetero) is 1. The highest BCUT2D eigenvalue weighted by molar-refractivity contribution is 5.98. The summed E-state index contributed by atoms with van der Waals surface area (Å²) in [5, 5.41) is 11.9. The molecule has 0 fully saturated rings. The number of ether oxygens (including phenoxy) is 2. The van der Waals surface area contributed by atoms with Gasteiger partial charge in [0.2, 0.25) is 0 Å². The van der Waals surface area contributed by atoms with Crippen molar-refractivity contribution in [3.05, 3.63) is 65.7 Å². The van der Waals surface area contributed by atoms with Crippen LogP contribution in [0.25, 0.3) is 0 Å². The summed E-state index contributed by atoms with van der Waals surface area (Å²) in [7, 11) is 0. The van der Waals surface area contributed by atoms with Crippen molar-refractivity contribution < 1.29 is 29.0 Å². The lowest BCUT2D eigenvalue weighted by Gasteiger charge is -2.23. The molecule has 148 valence electrons. The van der Waals surface area contributed by atoms with Crippen LogP contribution in [0.1, 0.15) is 42.7 Å². The van der Waals surface area contributed by atoms with Crippen LogP contribution in [0.4, 0.5) is 4.79 Å². The van der Waals surface area contributed by atoms with Gasteiger partial charge in [0.05, 0.1) is 0 Å². The molecule has 28 heavy (non-hydrogen) atoms. The predicted molar refractivity (Wildman–Crippen MR) is 102 cm³/mol. The Bertz CT molecular complexity index is 824. The van der Waals surface area contributed by atoms with Crippen molar-refractivity contribution in [3.8, 4) is 5.75 Å². The Kier molecular flexibility index (Phi) is 6.76. The van der Waals surface area contributed by atoms with Crippen molar-refractivity contribution in [3.63, 3.8) is 0 Å². The van der Waals surface area contributed by atoms with Gasteiger partial charge in [0, 0.05) is 5.56 Å². The molecule has 2 N–H and O–H groups in total. The van der Waals surface area contributed by atoms with Crippen molar-refractivity contribution in [2.24, 2.45) is 0 Å². The second kappa shape index (κ2) is 9.03. The molecule has 0 aliphatic heterocycles. The zero-order valence-electron chi connectivity index (χ0n) is 16.0. The van der Waals surface area contributed by atoms with Gasteiger partial charge < -0.3 is 19.9 Å². The van der Waals surface area contributed by atoms with Crippen LogP contribution in [0.3, 0.4) is 0 Å². The average molecular weight is 385 g/mol. The van der Waals surface area contributed by atoms with Crippen LogP contribution in [0, 0.1) is 0 Å². The highest BCUT2D eigenvalue weighted by Crippen LogP contribution is 2.19. The number of ketones is 1. The highest BCUT2D eigenvalue weighted by atomic mass is 16.6. The molecular formula is C21H23NO6. The van der Waals surface area contributed by atoms with Gasteiger partial charge in [-0.2, -0.15) is 0 Å². The lowest BCUT2D eigenvalue weighted by atomic mass is 10.1. The zero-order valence-corrected chi connectivity index (χ0v) is 16.0. The minimum absolute atomic E-state index is 0.00684. The number of carbonyl (C=O) groups excluding carboxylic acids is 3. The minimum Gasteiger partial charge on any atom is -0.508 e. The van der Waals surface area contributed by atoms with Crippen molar-refractivity contribution in [1.82, 2.24) is 5.32 Å². The maximum Gasteiger partial charge on any atom is 0.408 e. The van der Waals surface area contributed by atoms with Crippen molar-refractivity contribution in [2.45, 2.75) is 32.4 Å². The number of carbonyl (C=O) groups is 3. The molecule has 0 radical (unpaired) electrons. The van der Waals surface area contributed by atoms with Gasteiger partial charge in [-0.1, -0.05) is 42.5 Å². The number of amides is 1. The number of aromatic hydroxyl groups is 1. The summed E-state index contributed by atoms with van der Waals surface area (Å²) in [5.41, 5.74) is 0.0361. The number of phenolic OH excluding ortho intramolecular Hbond substituents is 1. The Morgan fingerprint density at radius 1 is 1.00 bits per heavy atom. The molecule has 7 heteroatoms. The van der Waals surface area contributed by atoms with E-state index in [2.05, 4.69) is 5.32 Å². The van der Waals surface area contributed by atoms with Crippen LogP contribution >= 0.6 is 0 Å². The summed E-state index contributed by atoms with van der Waals surface area (Å²) in [4.78, 5) is 36.8. The van der Waals surface area contributed by atoms with E-state index in [0.717, 1.165) is 0 Å². The van der Waals surface area contributed by atoms with Crippen molar-refractivity contribution in [2.75, 3.05) is 6.61 Å². The predicted octanol–water partition coefficient (Wildman–Crippen LogP) is 3.38. The topological polar surface area (TPSA) is 102 Å². The van der Waals surface area contributed by atoms with E-state index in [-0.39, 0.29) is 11.5 Å². The molecule has 2 aromatic carbocycles. The number of rotatable bonds is 6. The van der Waals surface area contributed by atoms with Gasteiger partial charge in [0.1, 0.15) is 11.4 Å². The Balaban J connectivity index is 2.11. The smallest absolute Gasteiger partial charge is 0.408 e. The van der Waals surface area contributed by atoms with Gasteiger partial charge in [-0.3, -0.25) is 4.79 Å². The SMILES string of the molecule is CC(C)(C)OC(=O)NC(C(=O)OCC(=O)c1ccccc1)c1ccc(O)cc1. The first-order valence-electron chi connectivity index (χ1n) is 8.69. The largest absolute Gasteiger partial charge is 0.508 e. The third kappa shape index (κ3) is 6.42. The molecule has 1 unspecified atom stereocenters. The van der Waals surface area contributed by atoms with Crippen molar-refractivity contribution >= 4 is 17.8 Å². The van der Waals surface area contributed by atoms with E-state index >= 15 is 0 Å². The Hall–Kier alpha value is -3.35. The Morgan fingerprint density at radius 2 is 1.61 bits per heavy atom. The van der Waals surface area contributed by atoms with Crippen molar-refractivity contribution in [1.29, 1.82) is 0 Å². The first kappa shape index (κ1) is 21.0. The summed E-state index contributed by atoms with van der Waals surface area (Å²) in [5.74, 6) is -1.18. The number of nitrogens with one attached hydrogen (secondary N) is 1. The van der Waals surface area contributed by atoms with E-state index < -0.39 is 30.3 Å². The monoisotopic (exact) mass is 385 g/mol. The number of esters is 1. The van der Waals surface area contributed by atoms with E-state index in [0.29, 0.717) is 11.1 Å². The first-order valence-corrected chi connectivity index (χ1v) is 8.69. The minimum atomic E-state index is -1.20. The maximum absolute atomic E-state index is 12.6. The number of hydrogen-bond acceptors (Lipinski definition) is 6. The molecule has 0 saturated heterocycles. The summed E-state index contributed by atoms with van der Waals surface area (Å²) in [6.45, 7) is 4.62. The summed E-state index contributed by atoms with van der Waals surface area (Å²) < 4.78 is 10.3. The lowest BCUT2D eigenvalue weighted by Crippen LogP contribution is -2.39. The quantitative estimate of drug-likeness (QED) is 0.584. The Morgan fingerprint density at radius 3 is 2.18 bits per heavy atom. The fraction of sp³-hybridized carbons (Fsp3) is 0.286. The molecule has 0 aromatic heterocycles. The second-order valence-electron chi connectivity index (χ2n) is 7.07. The van der Waals surface area contributed by atoms with Crippen LogP contribution < -0.4 is 5.32 Å². The standard InChI is InChI=1S/C21H23NO6/c1-21(2,3)28-20(26)22-18(15-9-11-16(23)12-10-15)19(25)27-13-17(24)14-7-5-4-6-8-14/h4-12,18,23H,13H2,1-3H3,(H,22,26). The molecule has 2 rings (SSSR count). The van der Waals surface area contributed by atoms with Gasteiger partial charge >= 0.3 is 12.1 Å². The average Bonchev–Trinajstić information content (AvgIpc) is 2.64. The summed E-state index contributed by atoms with van der Waals surface area (Å²) in [6, 6.07) is 12.9. The van der Waals surface area contributed by atoms with Gasteiger partial charge in [-0.15, -0.1) is 0 Å². The molecule has 0 aliphatic carbocycles. The third-order valence-corrected chi connectivity index (χ3v) is 3.56. The molecule has 1 atom stereocenters. The second-order valence-corrected chi connectivity index (χ2v) is 7.07. The number of benzene rings is 2.